The van der Waals surface area contributed by atoms with Crippen LogP contribution in [0.25, 0.3) is 0 Å². The van der Waals surface area contributed by atoms with E-state index in [0.29, 0.717) is 27.7 Å². The molecule has 2 aromatic rings. The van der Waals surface area contributed by atoms with E-state index in [1.807, 2.05) is 0 Å². The van der Waals surface area contributed by atoms with Crippen LogP contribution < -0.4 is 21.1 Å². The van der Waals surface area contributed by atoms with Crippen LogP contribution in [0.5, 0.6) is 5.75 Å². The van der Waals surface area contributed by atoms with Gasteiger partial charge in [-0.05, 0) is 42.5 Å². The van der Waals surface area contributed by atoms with Crippen molar-refractivity contribution in [1.29, 1.82) is 0 Å². The maximum absolute atomic E-state index is 12.3. The number of ether oxygens (including phenoxy) is 1. The van der Waals surface area contributed by atoms with Crippen molar-refractivity contribution in [3.8, 4) is 5.75 Å². The molecule has 0 unspecified atom stereocenters. The lowest BCUT2D eigenvalue weighted by Gasteiger charge is -2.12. The van der Waals surface area contributed by atoms with E-state index in [9.17, 15) is 9.59 Å². The Balaban J connectivity index is 2.20. The second-order valence-electron chi connectivity index (χ2n) is 4.62. The number of rotatable bonds is 5. The zero-order chi connectivity index (χ0) is 16.8. The summed E-state index contributed by atoms with van der Waals surface area (Å²) in [6.45, 7) is -0.168. The van der Waals surface area contributed by atoms with Gasteiger partial charge in [0.15, 0.2) is 0 Å². The van der Waals surface area contributed by atoms with Crippen molar-refractivity contribution in [3.05, 3.63) is 53.1 Å². The van der Waals surface area contributed by atoms with E-state index >= 15 is 0 Å². The monoisotopic (exact) mass is 333 g/mol. The molecule has 0 spiro atoms. The molecular weight excluding hydrogens is 318 g/mol. The Morgan fingerprint density at radius 3 is 2.39 bits per heavy atom. The smallest absolute Gasteiger partial charge is 0.255 e. The number of carbonyl (C=O) groups excluding carboxylic acids is 2. The molecule has 0 aliphatic rings. The fourth-order valence-corrected chi connectivity index (χ4v) is 2.04. The molecule has 6 nitrogen and oxygen atoms in total. The van der Waals surface area contributed by atoms with Crippen LogP contribution in [0.3, 0.4) is 0 Å². The van der Waals surface area contributed by atoms with Crippen molar-refractivity contribution in [3.63, 3.8) is 0 Å². The molecule has 0 bridgehead atoms. The predicted molar refractivity (Wildman–Crippen MR) is 90.1 cm³/mol. The second kappa shape index (κ2) is 7.62. The van der Waals surface area contributed by atoms with E-state index in [1.165, 1.54) is 0 Å². The van der Waals surface area contributed by atoms with Crippen LogP contribution in [0.4, 0.5) is 11.4 Å². The van der Waals surface area contributed by atoms with Crippen LogP contribution >= 0.6 is 11.6 Å². The van der Waals surface area contributed by atoms with Gasteiger partial charge in [0.25, 0.3) is 5.91 Å². The number of nitrogens with two attached hydrogens (primary N) is 1. The molecule has 0 heterocycles. The summed E-state index contributed by atoms with van der Waals surface area (Å²) in [5, 5.41) is 5.75. The molecule has 7 heteroatoms. The topological polar surface area (TPSA) is 93.5 Å². The summed E-state index contributed by atoms with van der Waals surface area (Å²) < 4.78 is 5.05. The molecule has 4 N–H and O–H groups in total. The molecule has 0 saturated heterocycles. The zero-order valence-electron chi connectivity index (χ0n) is 12.4. The maximum Gasteiger partial charge on any atom is 0.255 e. The summed E-state index contributed by atoms with van der Waals surface area (Å²) in [5.74, 6) is -0.0469. The Morgan fingerprint density at radius 2 is 1.78 bits per heavy atom. The normalized spacial score (nSPS) is 10.0. The van der Waals surface area contributed by atoms with Gasteiger partial charge >= 0.3 is 0 Å². The molecule has 2 aromatic carbocycles. The van der Waals surface area contributed by atoms with E-state index < -0.39 is 0 Å². The molecule has 0 saturated carbocycles. The zero-order valence-corrected chi connectivity index (χ0v) is 13.2. The van der Waals surface area contributed by atoms with Crippen LogP contribution in [0.1, 0.15) is 10.4 Å². The Kier molecular flexibility index (Phi) is 5.56. The molecule has 120 valence electrons. The van der Waals surface area contributed by atoms with Gasteiger partial charge in [-0.15, -0.1) is 0 Å². The first-order valence-corrected chi connectivity index (χ1v) is 7.16. The first-order valence-electron chi connectivity index (χ1n) is 6.78. The Morgan fingerprint density at radius 1 is 1.09 bits per heavy atom. The first kappa shape index (κ1) is 16.8. The lowest BCUT2D eigenvalue weighted by molar-refractivity contribution is -0.114. The molecule has 2 amide bonds. The summed E-state index contributed by atoms with van der Waals surface area (Å²) in [6, 6.07) is 11.4. The SMILES string of the molecule is COc1ccc(C(=O)Nc2ccc(Cl)cc2NC(=O)CN)cc1. The van der Waals surface area contributed by atoms with E-state index in [-0.39, 0.29) is 18.4 Å². The number of methoxy groups -OCH3 is 1. The highest BCUT2D eigenvalue weighted by molar-refractivity contribution is 6.31. The lowest BCUT2D eigenvalue weighted by Crippen LogP contribution is -2.23. The molecule has 2 rings (SSSR count). The third kappa shape index (κ3) is 4.45. The van der Waals surface area contributed by atoms with Gasteiger partial charge in [0, 0.05) is 10.6 Å². The fourth-order valence-electron chi connectivity index (χ4n) is 1.87. The van der Waals surface area contributed by atoms with Gasteiger partial charge in [0.1, 0.15) is 5.75 Å². The summed E-state index contributed by atoms with van der Waals surface area (Å²) in [7, 11) is 1.55. The van der Waals surface area contributed by atoms with Crippen molar-refractivity contribution in [2.45, 2.75) is 0 Å². The highest BCUT2D eigenvalue weighted by atomic mass is 35.5. The minimum Gasteiger partial charge on any atom is -0.497 e. The molecule has 0 radical (unpaired) electrons. The van der Waals surface area contributed by atoms with E-state index in [0.717, 1.165) is 0 Å². The number of nitrogens with one attached hydrogen (secondary N) is 2. The average Bonchev–Trinajstić information content (AvgIpc) is 2.57. The van der Waals surface area contributed by atoms with Crippen molar-refractivity contribution in [2.24, 2.45) is 5.73 Å². The minimum atomic E-state index is -0.382. The summed E-state index contributed by atoms with van der Waals surface area (Å²) >= 11 is 5.92. The first-order chi connectivity index (χ1) is 11.0. The van der Waals surface area contributed by atoms with Gasteiger partial charge in [0.05, 0.1) is 25.0 Å². The number of carbonyl (C=O) groups is 2. The fraction of sp³-hybridized carbons (Fsp3) is 0.125. The van der Waals surface area contributed by atoms with Gasteiger partial charge in [0.2, 0.25) is 5.91 Å². The predicted octanol–water partition coefficient (Wildman–Crippen LogP) is 2.50. The summed E-state index contributed by atoms with van der Waals surface area (Å²) in [4.78, 5) is 23.7. The van der Waals surface area contributed by atoms with Gasteiger partial charge in [-0.25, -0.2) is 0 Å². The molecule has 23 heavy (non-hydrogen) atoms. The molecule has 0 aliphatic heterocycles. The third-order valence-corrected chi connectivity index (χ3v) is 3.28. The van der Waals surface area contributed by atoms with Crippen molar-refractivity contribution in [1.82, 2.24) is 0 Å². The van der Waals surface area contributed by atoms with Crippen molar-refractivity contribution >= 4 is 34.8 Å². The second-order valence-corrected chi connectivity index (χ2v) is 5.06. The lowest BCUT2D eigenvalue weighted by atomic mass is 10.2. The highest BCUT2D eigenvalue weighted by Gasteiger charge is 2.11. The Bertz CT molecular complexity index is 717. The molecule has 0 atom stereocenters. The number of anilines is 2. The quantitative estimate of drug-likeness (QED) is 0.783. The van der Waals surface area contributed by atoms with Crippen LogP contribution in [-0.2, 0) is 4.79 Å². The van der Waals surface area contributed by atoms with Crippen LogP contribution in [0.15, 0.2) is 42.5 Å². The number of benzene rings is 2. The molecule has 0 fully saturated rings. The van der Waals surface area contributed by atoms with Crippen molar-refractivity contribution < 1.29 is 14.3 Å². The molecule has 0 aliphatic carbocycles. The standard InChI is InChI=1S/C16H16ClN3O3/c1-23-12-5-2-10(3-6-12)16(22)20-13-7-4-11(17)8-14(13)19-15(21)9-18/h2-8H,9,18H2,1H3,(H,19,21)(H,20,22). The molecule has 0 aromatic heterocycles. The average molecular weight is 334 g/mol. The van der Waals surface area contributed by atoms with Gasteiger partial charge in [-0.2, -0.15) is 0 Å². The van der Waals surface area contributed by atoms with Gasteiger partial charge < -0.3 is 21.1 Å². The maximum atomic E-state index is 12.3. The number of hydrogen-bond donors (Lipinski definition) is 3. The summed E-state index contributed by atoms with van der Waals surface area (Å²) in [5.41, 5.74) is 6.55. The van der Waals surface area contributed by atoms with Gasteiger partial charge in [-0.3, -0.25) is 9.59 Å². The van der Waals surface area contributed by atoms with Crippen molar-refractivity contribution in [2.75, 3.05) is 24.3 Å². The number of amides is 2. The number of hydrogen-bond acceptors (Lipinski definition) is 4. The van der Waals surface area contributed by atoms with E-state index in [1.54, 1.807) is 49.6 Å². The van der Waals surface area contributed by atoms with Crippen LogP contribution in [0, 0.1) is 0 Å². The molecular formula is C16H16ClN3O3. The van der Waals surface area contributed by atoms with E-state index in [4.69, 9.17) is 22.1 Å². The summed E-state index contributed by atoms with van der Waals surface area (Å²) in [6.07, 6.45) is 0. The third-order valence-electron chi connectivity index (χ3n) is 3.04. The van der Waals surface area contributed by atoms with Gasteiger partial charge in [-0.1, -0.05) is 11.6 Å². The van der Waals surface area contributed by atoms with E-state index in [2.05, 4.69) is 10.6 Å². The largest absolute Gasteiger partial charge is 0.497 e. The minimum absolute atomic E-state index is 0.168. The van der Waals surface area contributed by atoms with Crippen LogP contribution in [0.2, 0.25) is 5.02 Å². The Hall–Kier alpha value is -2.57. The Labute approximate surface area is 138 Å². The highest BCUT2D eigenvalue weighted by Crippen LogP contribution is 2.26. The number of halogens is 1. The van der Waals surface area contributed by atoms with Crippen LogP contribution in [-0.4, -0.2) is 25.5 Å².